The third-order valence-electron chi connectivity index (χ3n) is 3.92. The van der Waals surface area contributed by atoms with Crippen molar-refractivity contribution in [2.24, 2.45) is 0 Å². The molecule has 1 aromatic rings. The second-order valence-electron chi connectivity index (χ2n) is 7.05. The van der Waals surface area contributed by atoms with Crippen LogP contribution in [-0.2, 0) is 10.0 Å². The molecular formula is C15H23ClN2OSi. The summed E-state index contributed by atoms with van der Waals surface area (Å²) in [5.74, 6) is 0. The first-order chi connectivity index (χ1) is 8.89. The van der Waals surface area contributed by atoms with Crippen LogP contribution in [0.3, 0.4) is 0 Å². The van der Waals surface area contributed by atoms with E-state index >= 15 is 0 Å². The molecule has 110 valence electrons. The molecular weight excluding hydrogens is 288 g/mol. The van der Waals surface area contributed by atoms with Crippen LogP contribution in [0, 0.1) is 11.3 Å². The Kier molecular flexibility index (Phi) is 4.70. The minimum atomic E-state index is -1.91. The summed E-state index contributed by atoms with van der Waals surface area (Å²) in [6, 6.07) is 5.56. The summed E-state index contributed by atoms with van der Waals surface area (Å²) in [7, 11) is -1.91. The van der Waals surface area contributed by atoms with Crippen molar-refractivity contribution in [1.29, 1.82) is 5.26 Å². The molecule has 0 amide bonds. The van der Waals surface area contributed by atoms with Gasteiger partial charge >= 0.3 is 0 Å². The molecule has 0 fully saturated rings. The number of rotatable bonds is 3. The predicted molar refractivity (Wildman–Crippen MR) is 85.3 cm³/mol. The van der Waals surface area contributed by atoms with Gasteiger partial charge in [-0.2, -0.15) is 5.26 Å². The zero-order chi connectivity index (χ0) is 15.8. The standard InChI is InChI=1S/C15H23ClN2OSi/c1-14(2,3)20(6,7)19-15(4,5)11-8-12(10-17)18-13(16)9-11/h8-9H,1-7H3. The van der Waals surface area contributed by atoms with Crippen LogP contribution >= 0.6 is 11.6 Å². The molecule has 20 heavy (non-hydrogen) atoms. The van der Waals surface area contributed by atoms with Gasteiger partial charge < -0.3 is 4.43 Å². The highest BCUT2D eigenvalue weighted by Crippen LogP contribution is 2.41. The van der Waals surface area contributed by atoms with Gasteiger partial charge in [-0.05, 0) is 49.7 Å². The van der Waals surface area contributed by atoms with Crippen molar-refractivity contribution in [3.05, 3.63) is 28.5 Å². The second kappa shape index (κ2) is 5.48. The summed E-state index contributed by atoms with van der Waals surface area (Å²) < 4.78 is 6.47. The Labute approximate surface area is 128 Å². The second-order valence-corrected chi connectivity index (χ2v) is 12.2. The molecule has 3 nitrogen and oxygen atoms in total. The number of pyridine rings is 1. The number of hydrogen-bond acceptors (Lipinski definition) is 3. The van der Waals surface area contributed by atoms with E-state index in [-0.39, 0.29) is 5.04 Å². The van der Waals surface area contributed by atoms with E-state index in [1.54, 1.807) is 12.1 Å². The Morgan fingerprint density at radius 2 is 1.75 bits per heavy atom. The van der Waals surface area contributed by atoms with Crippen molar-refractivity contribution in [1.82, 2.24) is 4.98 Å². The van der Waals surface area contributed by atoms with E-state index in [9.17, 15) is 0 Å². The third-order valence-corrected chi connectivity index (χ3v) is 8.75. The van der Waals surface area contributed by atoms with Gasteiger partial charge in [0.2, 0.25) is 0 Å². The van der Waals surface area contributed by atoms with Gasteiger partial charge in [0, 0.05) is 0 Å². The van der Waals surface area contributed by atoms with Crippen LogP contribution in [0.25, 0.3) is 0 Å². The van der Waals surface area contributed by atoms with Crippen molar-refractivity contribution in [2.75, 3.05) is 0 Å². The van der Waals surface area contributed by atoms with Crippen LogP contribution in [0.2, 0.25) is 23.3 Å². The Bertz CT molecular complexity index is 542. The molecule has 5 heteroatoms. The van der Waals surface area contributed by atoms with E-state index in [0.717, 1.165) is 5.56 Å². The first-order valence-corrected chi connectivity index (χ1v) is 9.96. The SMILES string of the molecule is CC(C)(O[Si](C)(C)C(C)(C)C)c1cc(Cl)nc(C#N)c1. The lowest BCUT2D eigenvalue weighted by molar-refractivity contribution is 0.0901. The van der Waals surface area contributed by atoms with Gasteiger partial charge in [-0.15, -0.1) is 0 Å². The van der Waals surface area contributed by atoms with E-state index in [1.165, 1.54) is 0 Å². The fourth-order valence-corrected chi connectivity index (χ4v) is 3.66. The van der Waals surface area contributed by atoms with Crippen LogP contribution in [0.15, 0.2) is 12.1 Å². The molecule has 0 aliphatic rings. The molecule has 1 heterocycles. The van der Waals surface area contributed by atoms with Crippen LogP contribution in [0.5, 0.6) is 0 Å². The van der Waals surface area contributed by atoms with Crippen LogP contribution in [-0.4, -0.2) is 13.3 Å². The van der Waals surface area contributed by atoms with Gasteiger partial charge in [-0.25, -0.2) is 4.98 Å². The van der Waals surface area contributed by atoms with Gasteiger partial charge in [-0.1, -0.05) is 32.4 Å². The monoisotopic (exact) mass is 310 g/mol. The summed E-state index contributed by atoms with van der Waals surface area (Å²) >= 11 is 5.99. The maximum Gasteiger partial charge on any atom is 0.193 e. The number of aromatic nitrogens is 1. The number of nitriles is 1. The first kappa shape index (κ1) is 17.2. The Hall–Kier alpha value is -0.893. The lowest BCUT2D eigenvalue weighted by Gasteiger charge is -2.43. The van der Waals surface area contributed by atoms with E-state index in [4.69, 9.17) is 21.3 Å². The molecule has 0 aliphatic carbocycles. The molecule has 0 atom stereocenters. The molecule has 1 rings (SSSR count). The highest BCUT2D eigenvalue weighted by molar-refractivity contribution is 6.74. The summed E-state index contributed by atoms with van der Waals surface area (Å²) in [4.78, 5) is 3.97. The van der Waals surface area contributed by atoms with E-state index < -0.39 is 13.9 Å². The van der Waals surface area contributed by atoms with E-state index in [2.05, 4.69) is 38.8 Å². The highest BCUT2D eigenvalue weighted by Gasteiger charge is 2.42. The van der Waals surface area contributed by atoms with E-state index in [0.29, 0.717) is 10.8 Å². The van der Waals surface area contributed by atoms with Crippen molar-refractivity contribution in [2.45, 2.75) is 58.4 Å². The lowest BCUT2D eigenvalue weighted by Crippen LogP contribution is -2.46. The normalized spacial score (nSPS) is 13.2. The average molecular weight is 311 g/mol. The highest BCUT2D eigenvalue weighted by atomic mass is 35.5. The molecule has 0 N–H and O–H groups in total. The Morgan fingerprint density at radius 1 is 1.20 bits per heavy atom. The first-order valence-electron chi connectivity index (χ1n) is 6.67. The number of nitrogens with zero attached hydrogens (tertiary/aromatic N) is 2. The minimum Gasteiger partial charge on any atom is -0.408 e. The van der Waals surface area contributed by atoms with Crippen molar-refractivity contribution < 1.29 is 4.43 Å². The predicted octanol–water partition coefficient (Wildman–Crippen LogP) is 4.86. The van der Waals surface area contributed by atoms with Gasteiger partial charge in [0.1, 0.15) is 16.9 Å². The minimum absolute atomic E-state index is 0.124. The Balaban J connectivity index is 3.18. The molecule has 0 bridgehead atoms. The summed E-state index contributed by atoms with van der Waals surface area (Å²) in [6.45, 7) is 15.1. The fourth-order valence-electron chi connectivity index (χ4n) is 1.75. The third kappa shape index (κ3) is 3.82. The van der Waals surface area contributed by atoms with Crippen LogP contribution in [0.4, 0.5) is 0 Å². The summed E-state index contributed by atoms with van der Waals surface area (Å²) in [5, 5.41) is 9.46. The molecule has 0 unspecified atom stereocenters. The zero-order valence-electron chi connectivity index (χ0n) is 13.3. The Morgan fingerprint density at radius 3 is 2.20 bits per heavy atom. The zero-order valence-corrected chi connectivity index (χ0v) is 15.1. The van der Waals surface area contributed by atoms with Crippen LogP contribution in [0.1, 0.15) is 45.9 Å². The molecule has 0 saturated heterocycles. The quantitative estimate of drug-likeness (QED) is 0.591. The molecule has 0 saturated carbocycles. The van der Waals surface area contributed by atoms with Crippen LogP contribution < -0.4 is 0 Å². The molecule has 0 radical (unpaired) electrons. The maximum absolute atomic E-state index is 9.01. The summed E-state index contributed by atoms with van der Waals surface area (Å²) in [5.41, 5.74) is 0.708. The molecule has 1 aromatic heterocycles. The van der Waals surface area contributed by atoms with Gasteiger partial charge in [0.25, 0.3) is 0 Å². The van der Waals surface area contributed by atoms with Gasteiger partial charge in [0.15, 0.2) is 8.32 Å². The van der Waals surface area contributed by atoms with E-state index in [1.807, 2.05) is 19.9 Å². The summed E-state index contributed by atoms with van der Waals surface area (Å²) in [6.07, 6.45) is 0. The fraction of sp³-hybridized carbons (Fsp3) is 0.600. The van der Waals surface area contributed by atoms with Gasteiger partial charge in [-0.3, -0.25) is 0 Å². The van der Waals surface area contributed by atoms with Gasteiger partial charge in [0.05, 0.1) is 5.60 Å². The molecule has 0 aliphatic heterocycles. The number of halogens is 1. The molecule has 0 spiro atoms. The smallest absolute Gasteiger partial charge is 0.193 e. The topological polar surface area (TPSA) is 45.9 Å². The largest absolute Gasteiger partial charge is 0.408 e. The average Bonchev–Trinajstić information content (AvgIpc) is 2.25. The van der Waals surface area contributed by atoms with Crippen molar-refractivity contribution in [3.8, 4) is 6.07 Å². The van der Waals surface area contributed by atoms with Crippen molar-refractivity contribution >= 4 is 19.9 Å². The van der Waals surface area contributed by atoms with Crippen molar-refractivity contribution in [3.63, 3.8) is 0 Å². The lowest BCUT2D eigenvalue weighted by atomic mass is 9.99. The maximum atomic E-state index is 9.01. The number of hydrogen-bond donors (Lipinski definition) is 0. The molecule has 0 aromatic carbocycles.